The summed E-state index contributed by atoms with van der Waals surface area (Å²) >= 11 is 0. The zero-order valence-corrected chi connectivity index (χ0v) is 12.2. The van der Waals surface area contributed by atoms with E-state index in [9.17, 15) is 4.79 Å². The Kier molecular flexibility index (Phi) is 3.49. The van der Waals surface area contributed by atoms with Crippen molar-refractivity contribution in [1.29, 1.82) is 0 Å². The monoisotopic (exact) mass is 286 g/mol. The normalized spacial score (nSPS) is 17.2. The number of hydrogen-bond acceptors (Lipinski definition) is 5. The summed E-state index contributed by atoms with van der Waals surface area (Å²) in [5, 5.41) is 4.10. The third-order valence-corrected chi connectivity index (χ3v) is 3.96. The Morgan fingerprint density at radius 3 is 2.71 bits per heavy atom. The maximum absolute atomic E-state index is 11.7. The van der Waals surface area contributed by atoms with E-state index in [0.717, 1.165) is 12.8 Å². The highest BCUT2D eigenvalue weighted by molar-refractivity contribution is 5.76. The van der Waals surface area contributed by atoms with Crippen molar-refractivity contribution in [3.05, 3.63) is 47.6 Å². The standard InChI is InChI=1S/C16H18N2O3/c1-3-20-14(19)11(2)13-17-15(18-21-13)16(9-10-16)12-7-5-4-6-8-12/h4-8,11H,3,9-10H2,1-2H3. The van der Waals surface area contributed by atoms with E-state index in [4.69, 9.17) is 9.26 Å². The Morgan fingerprint density at radius 1 is 1.38 bits per heavy atom. The van der Waals surface area contributed by atoms with Gasteiger partial charge in [0.2, 0.25) is 5.89 Å². The summed E-state index contributed by atoms with van der Waals surface area (Å²) in [6.45, 7) is 3.84. The van der Waals surface area contributed by atoms with E-state index >= 15 is 0 Å². The van der Waals surface area contributed by atoms with Crippen LogP contribution in [0.5, 0.6) is 0 Å². The van der Waals surface area contributed by atoms with Gasteiger partial charge in [0.25, 0.3) is 0 Å². The summed E-state index contributed by atoms with van der Waals surface area (Å²) in [4.78, 5) is 16.2. The van der Waals surface area contributed by atoms with Crippen LogP contribution in [0.3, 0.4) is 0 Å². The van der Waals surface area contributed by atoms with Crippen LogP contribution in [-0.2, 0) is 14.9 Å². The lowest BCUT2D eigenvalue weighted by Gasteiger charge is -2.10. The number of aromatic nitrogens is 2. The summed E-state index contributed by atoms with van der Waals surface area (Å²) in [7, 11) is 0. The molecule has 0 spiro atoms. The third kappa shape index (κ3) is 2.44. The van der Waals surface area contributed by atoms with Gasteiger partial charge in [0.05, 0.1) is 12.0 Å². The minimum Gasteiger partial charge on any atom is -0.465 e. The summed E-state index contributed by atoms with van der Waals surface area (Å²) < 4.78 is 10.3. The second-order valence-electron chi connectivity index (χ2n) is 5.38. The zero-order valence-electron chi connectivity index (χ0n) is 12.2. The van der Waals surface area contributed by atoms with Crippen molar-refractivity contribution < 1.29 is 14.1 Å². The van der Waals surface area contributed by atoms with Gasteiger partial charge >= 0.3 is 5.97 Å². The molecular weight excluding hydrogens is 268 g/mol. The Labute approximate surface area is 123 Å². The average molecular weight is 286 g/mol. The Balaban J connectivity index is 1.84. The van der Waals surface area contributed by atoms with Crippen LogP contribution in [0.1, 0.15) is 49.9 Å². The highest BCUT2D eigenvalue weighted by Gasteiger charge is 2.50. The average Bonchev–Trinajstić information content (AvgIpc) is 3.18. The SMILES string of the molecule is CCOC(=O)C(C)c1nc(C2(c3ccccc3)CC2)no1. The van der Waals surface area contributed by atoms with Crippen LogP contribution in [0.2, 0.25) is 0 Å². The van der Waals surface area contributed by atoms with Gasteiger partial charge in [-0.3, -0.25) is 4.79 Å². The summed E-state index contributed by atoms with van der Waals surface area (Å²) in [5.74, 6) is 0.125. The minimum absolute atomic E-state index is 0.141. The summed E-state index contributed by atoms with van der Waals surface area (Å²) in [6.07, 6.45) is 2.01. The minimum atomic E-state index is -0.530. The molecule has 0 bridgehead atoms. The molecule has 3 rings (SSSR count). The van der Waals surface area contributed by atoms with Crippen molar-refractivity contribution in [3.8, 4) is 0 Å². The van der Waals surface area contributed by atoms with Crippen molar-refractivity contribution in [2.75, 3.05) is 6.61 Å². The second kappa shape index (κ2) is 5.31. The smallest absolute Gasteiger partial charge is 0.318 e. The number of esters is 1. The van der Waals surface area contributed by atoms with E-state index in [0.29, 0.717) is 18.3 Å². The Morgan fingerprint density at radius 2 is 2.10 bits per heavy atom. The number of benzene rings is 1. The molecule has 2 aromatic rings. The molecule has 1 aromatic heterocycles. The van der Waals surface area contributed by atoms with E-state index < -0.39 is 5.92 Å². The van der Waals surface area contributed by atoms with Crippen molar-refractivity contribution in [1.82, 2.24) is 10.1 Å². The predicted molar refractivity (Wildman–Crippen MR) is 75.8 cm³/mol. The summed E-state index contributed by atoms with van der Waals surface area (Å²) in [5.41, 5.74) is 1.05. The molecular formula is C16H18N2O3. The van der Waals surface area contributed by atoms with Gasteiger partial charge in [-0.15, -0.1) is 0 Å². The number of rotatable bonds is 5. The van der Waals surface area contributed by atoms with Gasteiger partial charge in [-0.05, 0) is 32.3 Å². The first kappa shape index (κ1) is 13.8. The van der Waals surface area contributed by atoms with E-state index in [1.807, 2.05) is 18.2 Å². The van der Waals surface area contributed by atoms with E-state index in [2.05, 4.69) is 22.3 Å². The fourth-order valence-corrected chi connectivity index (χ4v) is 2.50. The number of ether oxygens (including phenoxy) is 1. The van der Waals surface area contributed by atoms with Gasteiger partial charge in [-0.25, -0.2) is 0 Å². The van der Waals surface area contributed by atoms with Crippen LogP contribution in [0.15, 0.2) is 34.9 Å². The highest BCUT2D eigenvalue weighted by atomic mass is 16.5. The van der Waals surface area contributed by atoms with E-state index in [1.165, 1.54) is 5.56 Å². The molecule has 21 heavy (non-hydrogen) atoms. The summed E-state index contributed by atoms with van der Waals surface area (Å²) in [6, 6.07) is 10.2. The largest absolute Gasteiger partial charge is 0.465 e. The molecule has 1 atom stereocenters. The molecule has 0 amide bonds. The Hall–Kier alpha value is -2.17. The molecule has 1 heterocycles. The molecule has 0 aliphatic heterocycles. The van der Waals surface area contributed by atoms with Crippen LogP contribution in [0.25, 0.3) is 0 Å². The molecule has 1 saturated carbocycles. The number of carbonyl (C=O) groups is 1. The lowest BCUT2D eigenvalue weighted by atomic mass is 9.95. The Bertz CT molecular complexity index is 632. The van der Waals surface area contributed by atoms with Crippen LogP contribution < -0.4 is 0 Å². The van der Waals surface area contributed by atoms with E-state index in [-0.39, 0.29) is 11.4 Å². The molecule has 0 radical (unpaired) electrons. The molecule has 1 aliphatic carbocycles. The maximum Gasteiger partial charge on any atom is 0.318 e. The quantitative estimate of drug-likeness (QED) is 0.791. The van der Waals surface area contributed by atoms with Gasteiger partial charge < -0.3 is 9.26 Å². The number of hydrogen-bond donors (Lipinski definition) is 0. The molecule has 1 unspecified atom stereocenters. The molecule has 0 saturated heterocycles. The van der Waals surface area contributed by atoms with Crippen molar-refractivity contribution in [3.63, 3.8) is 0 Å². The first-order chi connectivity index (χ1) is 10.2. The van der Waals surface area contributed by atoms with Crippen LogP contribution in [0.4, 0.5) is 0 Å². The van der Waals surface area contributed by atoms with Gasteiger partial charge in [0.15, 0.2) is 5.82 Å². The lowest BCUT2D eigenvalue weighted by molar-refractivity contribution is -0.145. The predicted octanol–water partition coefficient (Wildman–Crippen LogP) is 2.82. The molecule has 1 aliphatic rings. The first-order valence-electron chi connectivity index (χ1n) is 7.23. The molecule has 0 N–H and O–H groups in total. The number of nitrogens with zero attached hydrogens (tertiary/aromatic N) is 2. The fraction of sp³-hybridized carbons (Fsp3) is 0.438. The fourth-order valence-electron chi connectivity index (χ4n) is 2.50. The highest BCUT2D eigenvalue weighted by Crippen LogP contribution is 2.52. The first-order valence-corrected chi connectivity index (χ1v) is 7.23. The molecule has 110 valence electrons. The maximum atomic E-state index is 11.7. The van der Waals surface area contributed by atoms with Crippen LogP contribution >= 0.6 is 0 Å². The molecule has 5 nitrogen and oxygen atoms in total. The van der Waals surface area contributed by atoms with Crippen LogP contribution in [-0.4, -0.2) is 22.7 Å². The third-order valence-electron chi connectivity index (χ3n) is 3.96. The second-order valence-corrected chi connectivity index (χ2v) is 5.38. The molecule has 5 heteroatoms. The molecule has 1 fully saturated rings. The van der Waals surface area contributed by atoms with Gasteiger partial charge in [0.1, 0.15) is 5.92 Å². The van der Waals surface area contributed by atoms with Crippen molar-refractivity contribution >= 4 is 5.97 Å². The van der Waals surface area contributed by atoms with Crippen LogP contribution in [0, 0.1) is 0 Å². The lowest BCUT2D eigenvalue weighted by Crippen LogP contribution is -2.14. The van der Waals surface area contributed by atoms with Crippen molar-refractivity contribution in [2.45, 2.75) is 38.0 Å². The van der Waals surface area contributed by atoms with Gasteiger partial charge in [0, 0.05) is 0 Å². The number of carbonyl (C=O) groups excluding carboxylic acids is 1. The molecule has 1 aromatic carbocycles. The zero-order chi connectivity index (χ0) is 14.9. The van der Waals surface area contributed by atoms with Crippen molar-refractivity contribution in [2.24, 2.45) is 0 Å². The van der Waals surface area contributed by atoms with Gasteiger partial charge in [-0.1, -0.05) is 35.5 Å². The van der Waals surface area contributed by atoms with E-state index in [1.54, 1.807) is 13.8 Å². The van der Waals surface area contributed by atoms with Gasteiger partial charge in [-0.2, -0.15) is 4.98 Å². The topological polar surface area (TPSA) is 65.2 Å².